The molecule has 0 aromatic rings. The first-order valence-electron chi connectivity index (χ1n) is 6.96. The number of hydrogen-bond acceptors (Lipinski definition) is 3. The van der Waals surface area contributed by atoms with E-state index in [-0.39, 0.29) is 30.1 Å². The van der Waals surface area contributed by atoms with Gasteiger partial charge in [-0.2, -0.15) is 0 Å². The summed E-state index contributed by atoms with van der Waals surface area (Å²) in [7, 11) is 0. The van der Waals surface area contributed by atoms with Crippen LogP contribution >= 0.6 is 0 Å². The van der Waals surface area contributed by atoms with Gasteiger partial charge in [-0.05, 0) is 12.8 Å². The summed E-state index contributed by atoms with van der Waals surface area (Å²) in [4.78, 5) is 24.9. The monoisotopic (exact) mass is 252 g/mol. The second-order valence-electron chi connectivity index (χ2n) is 5.54. The van der Waals surface area contributed by atoms with E-state index >= 15 is 0 Å². The van der Waals surface area contributed by atoms with Crippen molar-refractivity contribution in [2.75, 3.05) is 13.1 Å². The molecule has 0 aromatic heterocycles. The minimum absolute atomic E-state index is 0.0194. The first kappa shape index (κ1) is 12.0. The van der Waals surface area contributed by atoms with Crippen molar-refractivity contribution in [3.05, 3.63) is 0 Å². The van der Waals surface area contributed by atoms with E-state index in [9.17, 15) is 9.59 Å². The second-order valence-corrected chi connectivity index (χ2v) is 5.54. The highest BCUT2D eigenvalue weighted by atomic mass is 16.5. The van der Waals surface area contributed by atoms with Gasteiger partial charge in [-0.15, -0.1) is 0 Å². The van der Waals surface area contributed by atoms with Crippen molar-refractivity contribution < 1.29 is 14.3 Å². The smallest absolute Gasteiger partial charge is 0.229 e. The molecule has 18 heavy (non-hydrogen) atoms. The highest BCUT2D eigenvalue weighted by Crippen LogP contribution is 2.28. The molecule has 3 fully saturated rings. The van der Waals surface area contributed by atoms with Gasteiger partial charge in [0.25, 0.3) is 0 Å². The highest BCUT2D eigenvalue weighted by molar-refractivity contribution is 5.83. The summed E-state index contributed by atoms with van der Waals surface area (Å²) in [6.45, 7) is 1.17. The number of amides is 2. The molecule has 5 nitrogen and oxygen atoms in total. The predicted octanol–water partition coefficient (Wildman–Crippen LogP) is 0.640. The van der Waals surface area contributed by atoms with Crippen LogP contribution < -0.4 is 5.32 Å². The first-order chi connectivity index (χ1) is 8.74. The Kier molecular flexibility index (Phi) is 3.24. The number of hydrogen-bond donors (Lipinski definition) is 1. The van der Waals surface area contributed by atoms with Gasteiger partial charge < -0.3 is 15.0 Å². The van der Waals surface area contributed by atoms with Crippen molar-refractivity contribution >= 4 is 11.8 Å². The number of nitrogens with zero attached hydrogens (tertiary/aromatic N) is 1. The third-order valence-electron chi connectivity index (χ3n) is 4.25. The van der Waals surface area contributed by atoms with Gasteiger partial charge in [0.1, 0.15) is 6.23 Å². The maximum absolute atomic E-state index is 12.0. The summed E-state index contributed by atoms with van der Waals surface area (Å²) in [6.07, 6.45) is 6.10. The van der Waals surface area contributed by atoms with Crippen molar-refractivity contribution in [2.45, 2.75) is 50.9 Å². The van der Waals surface area contributed by atoms with Crippen molar-refractivity contribution in [3.63, 3.8) is 0 Å². The average molecular weight is 252 g/mol. The van der Waals surface area contributed by atoms with Crippen LogP contribution in [0.3, 0.4) is 0 Å². The number of β-lactam (4-membered cyclic amide) rings is 1. The molecule has 1 N–H and O–H groups in total. The van der Waals surface area contributed by atoms with Crippen LogP contribution in [0.5, 0.6) is 0 Å². The molecule has 2 atom stereocenters. The maximum atomic E-state index is 12.0. The largest absolute Gasteiger partial charge is 0.353 e. The van der Waals surface area contributed by atoms with E-state index < -0.39 is 0 Å². The molecule has 2 aliphatic heterocycles. The van der Waals surface area contributed by atoms with Crippen LogP contribution in [0.25, 0.3) is 0 Å². The lowest BCUT2D eigenvalue weighted by molar-refractivity contribution is -0.156. The minimum Gasteiger partial charge on any atom is -0.353 e. The fourth-order valence-corrected chi connectivity index (χ4v) is 3.09. The van der Waals surface area contributed by atoms with Gasteiger partial charge in [-0.25, -0.2) is 0 Å². The zero-order chi connectivity index (χ0) is 12.5. The number of rotatable bonds is 3. The number of ether oxygens (including phenoxy) is 1. The lowest BCUT2D eigenvalue weighted by atomic mass is 9.88. The Balaban J connectivity index is 1.41. The summed E-state index contributed by atoms with van der Waals surface area (Å²) in [5, 5.41) is 2.98. The summed E-state index contributed by atoms with van der Waals surface area (Å²) in [6, 6.07) is 0. The second kappa shape index (κ2) is 4.88. The van der Waals surface area contributed by atoms with Crippen LogP contribution in [0.1, 0.15) is 38.5 Å². The Bertz CT molecular complexity index is 352. The molecule has 3 rings (SSSR count). The maximum Gasteiger partial charge on any atom is 0.229 e. The molecule has 1 aliphatic carbocycles. The topological polar surface area (TPSA) is 58.6 Å². The molecule has 100 valence electrons. The lowest BCUT2D eigenvalue weighted by Crippen LogP contribution is -2.48. The molecule has 0 aromatic carbocycles. The molecule has 2 unspecified atom stereocenters. The van der Waals surface area contributed by atoms with Crippen LogP contribution in [0, 0.1) is 5.92 Å². The Morgan fingerprint density at radius 3 is 2.78 bits per heavy atom. The predicted molar refractivity (Wildman–Crippen MR) is 64.6 cm³/mol. The molecular weight excluding hydrogens is 232 g/mol. The van der Waals surface area contributed by atoms with E-state index in [1.807, 2.05) is 0 Å². The van der Waals surface area contributed by atoms with Gasteiger partial charge in [-0.1, -0.05) is 19.3 Å². The van der Waals surface area contributed by atoms with Gasteiger partial charge in [0.2, 0.25) is 11.8 Å². The normalized spacial score (nSPS) is 32.0. The van der Waals surface area contributed by atoms with Crippen molar-refractivity contribution in [1.29, 1.82) is 0 Å². The van der Waals surface area contributed by atoms with Gasteiger partial charge in [0, 0.05) is 12.5 Å². The molecule has 2 heterocycles. The van der Waals surface area contributed by atoms with E-state index in [2.05, 4.69) is 5.32 Å². The Morgan fingerprint density at radius 1 is 1.33 bits per heavy atom. The van der Waals surface area contributed by atoms with E-state index in [0.717, 1.165) is 12.8 Å². The van der Waals surface area contributed by atoms with Crippen molar-refractivity contribution in [1.82, 2.24) is 10.2 Å². The number of carbonyl (C=O) groups excluding carboxylic acids is 2. The number of nitrogens with one attached hydrogen (secondary N) is 1. The molecule has 1 saturated carbocycles. The van der Waals surface area contributed by atoms with Crippen molar-refractivity contribution in [3.8, 4) is 0 Å². The molecule has 2 saturated heterocycles. The van der Waals surface area contributed by atoms with Crippen molar-refractivity contribution in [2.24, 2.45) is 5.92 Å². The van der Waals surface area contributed by atoms with E-state index in [1.165, 1.54) is 19.3 Å². The molecule has 3 aliphatic rings. The average Bonchev–Trinajstić information content (AvgIpc) is 2.74. The molecule has 5 heteroatoms. The molecule has 0 radical (unpaired) electrons. The Morgan fingerprint density at radius 2 is 2.11 bits per heavy atom. The number of fused-ring (bicyclic) bond motifs is 1. The number of carbonyl (C=O) groups is 2. The van der Waals surface area contributed by atoms with Crippen LogP contribution in [0.2, 0.25) is 0 Å². The summed E-state index contributed by atoms with van der Waals surface area (Å²) < 4.78 is 5.66. The Hall–Kier alpha value is -1.10. The molecule has 0 bridgehead atoms. The third-order valence-corrected chi connectivity index (χ3v) is 4.25. The van der Waals surface area contributed by atoms with Crippen LogP contribution in [-0.2, 0) is 14.3 Å². The van der Waals surface area contributed by atoms with Gasteiger partial charge in [0.15, 0.2) is 0 Å². The minimum atomic E-state index is -0.0195. The van der Waals surface area contributed by atoms with Gasteiger partial charge in [0.05, 0.1) is 19.1 Å². The Labute approximate surface area is 107 Å². The fraction of sp³-hybridized carbons (Fsp3) is 0.846. The first-order valence-corrected chi connectivity index (χ1v) is 6.96. The van der Waals surface area contributed by atoms with E-state index in [1.54, 1.807) is 4.90 Å². The van der Waals surface area contributed by atoms with Crippen LogP contribution in [-0.4, -0.2) is 42.1 Å². The quantitative estimate of drug-likeness (QED) is 0.750. The molecule has 0 spiro atoms. The standard InChI is InChI=1S/C13H20N2O3/c16-11-6-12-15(11)8-10(18-12)7-14-13(17)9-4-2-1-3-5-9/h9-10,12H,1-8H2,(H,14,17). The van der Waals surface area contributed by atoms with Gasteiger partial charge >= 0.3 is 0 Å². The van der Waals surface area contributed by atoms with Crippen LogP contribution in [0.15, 0.2) is 0 Å². The fourth-order valence-electron chi connectivity index (χ4n) is 3.09. The zero-order valence-corrected chi connectivity index (χ0v) is 10.6. The molecular formula is C13H20N2O3. The summed E-state index contributed by atoms with van der Waals surface area (Å²) >= 11 is 0. The van der Waals surface area contributed by atoms with Crippen LogP contribution in [0.4, 0.5) is 0 Å². The molecule has 2 amide bonds. The van der Waals surface area contributed by atoms with E-state index in [4.69, 9.17) is 4.74 Å². The third kappa shape index (κ3) is 2.23. The SMILES string of the molecule is O=C(NCC1CN2C(=O)CC2O1)C1CCCCC1. The summed E-state index contributed by atoms with van der Waals surface area (Å²) in [5.41, 5.74) is 0. The lowest BCUT2D eigenvalue weighted by Gasteiger charge is -2.31. The summed E-state index contributed by atoms with van der Waals surface area (Å²) in [5.74, 6) is 0.527. The van der Waals surface area contributed by atoms with E-state index in [0.29, 0.717) is 19.5 Å². The zero-order valence-electron chi connectivity index (χ0n) is 10.6. The highest BCUT2D eigenvalue weighted by Gasteiger charge is 2.45. The van der Waals surface area contributed by atoms with Gasteiger partial charge in [-0.3, -0.25) is 9.59 Å².